The van der Waals surface area contributed by atoms with E-state index in [4.69, 9.17) is 4.74 Å². The molecule has 0 bridgehead atoms. The van der Waals surface area contributed by atoms with Crippen LogP contribution >= 0.6 is 0 Å². The number of anilines is 3. The van der Waals surface area contributed by atoms with Crippen molar-refractivity contribution in [2.75, 3.05) is 10.6 Å². The Hall–Kier alpha value is -4.78. The number of rotatable bonds is 6. The summed E-state index contributed by atoms with van der Waals surface area (Å²) in [6.45, 7) is 0. The first-order valence-corrected chi connectivity index (χ1v) is 10.3. The van der Waals surface area contributed by atoms with Crippen LogP contribution < -0.4 is 15.4 Å². The highest BCUT2D eigenvalue weighted by atomic mass is 16.5. The Morgan fingerprint density at radius 2 is 1.58 bits per heavy atom. The van der Waals surface area contributed by atoms with Crippen molar-refractivity contribution < 1.29 is 9.53 Å². The summed E-state index contributed by atoms with van der Waals surface area (Å²) in [6.07, 6.45) is 8.56. The van der Waals surface area contributed by atoms with Gasteiger partial charge in [-0.3, -0.25) is 19.7 Å². The minimum absolute atomic E-state index is 0.207. The molecule has 0 saturated carbocycles. The van der Waals surface area contributed by atoms with Gasteiger partial charge in [0.1, 0.15) is 11.5 Å². The second-order valence-corrected chi connectivity index (χ2v) is 7.22. The van der Waals surface area contributed by atoms with Crippen molar-refractivity contribution in [2.45, 2.75) is 0 Å². The maximum Gasteiger partial charge on any atom is 0.255 e. The molecule has 2 aromatic carbocycles. The number of pyridine rings is 3. The van der Waals surface area contributed by atoms with E-state index in [-0.39, 0.29) is 5.91 Å². The Morgan fingerprint density at radius 3 is 2.42 bits per heavy atom. The Kier molecular flexibility index (Phi) is 5.59. The van der Waals surface area contributed by atoms with Gasteiger partial charge in [0.25, 0.3) is 5.91 Å². The number of carbonyl (C=O) groups is 1. The number of hydrogen-bond acceptors (Lipinski definition) is 6. The van der Waals surface area contributed by atoms with Gasteiger partial charge in [-0.15, -0.1) is 0 Å². The van der Waals surface area contributed by atoms with Gasteiger partial charge >= 0.3 is 0 Å². The van der Waals surface area contributed by atoms with Crippen molar-refractivity contribution in [3.05, 3.63) is 109 Å². The van der Waals surface area contributed by atoms with Gasteiger partial charge in [-0.05, 0) is 60.7 Å². The van der Waals surface area contributed by atoms with Gasteiger partial charge in [-0.1, -0.05) is 6.07 Å². The molecule has 3 aromatic heterocycles. The quantitative estimate of drug-likeness (QED) is 0.351. The number of nitrogens with one attached hydrogen (secondary N) is 2. The fourth-order valence-corrected chi connectivity index (χ4v) is 3.34. The molecule has 0 aliphatic heterocycles. The highest BCUT2D eigenvalue weighted by Crippen LogP contribution is 2.26. The molecule has 0 unspecified atom stereocenters. The Labute approximate surface area is 190 Å². The predicted molar refractivity (Wildman–Crippen MR) is 128 cm³/mol. The van der Waals surface area contributed by atoms with Crippen LogP contribution in [-0.4, -0.2) is 20.9 Å². The number of fused-ring (bicyclic) bond motifs is 1. The van der Waals surface area contributed by atoms with E-state index >= 15 is 0 Å². The Bertz CT molecular complexity index is 1400. The minimum atomic E-state index is -0.207. The highest BCUT2D eigenvalue weighted by Gasteiger charge is 2.08. The molecule has 3 heterocycles. The maximum absolute atomic E-state index is 12.7. The molecule has 0 radical (unpaired) electrons. The minimum Gasteiger partial charge on any atom is -0.457 e. The third-order valence-corrected chi connectivity index (χ3v) is 4.95. The standard InChI is InChI=1S/C26H19N5O2/c32-26(31-20-2-1-3-22(16-20)33-21-8-12-27-13-9-21)18-4-6-19(7-5-18)30-25-11-15-29-24-10-14-28-17-23(24)25/h1-17H,(H,29,30)(H,31,32). The average molecular weight is 433 g/mol. The van der Waals surface area contributed by atoms with E-state index < -0.39 is 0 Å². The summed E-state index contributed by atoms with van der Waals surface area (Å²) in [5.41, 5.74) is 3.81. The van der Waals surface area contributed by atoms with Crippen LogP contribution in [0.5, 0.6) is 11.5 Å². The van der Waals surface area contributed by atoms with Crippen LogP contribution in [0.25, 0.3) is 10.9 Å². The number of ether oxygens (including phenoxy) is 1. The molecule has 7 nitrogen and oxygen atoms in total. The zero-order chi connectivity index (χ0) is 22.5. The number of benzene rings is 2. The lowest BCUT2D eigenvalue weighted by molar-refractivity contribution is 0.102. The van der Waals surface area contributed by atoms with Crippen molar-refractivity contribution in [1.29, 1.82) is 0 Å². The van der Waals surface area contributed by atoms with Crippen LogP contribution in [0.15, 0.2) is 104 Å². The summed E-state index contributed by atoms with van der Waals surface area (Å²) >= 11 is 0. The van der Waals surface area contributed by atoms with Crippen molar-refractivity contribution >= 4 is 33.9 Å². The fourth-order valence-electron chi connectivity index (χ4n) is 3.34. The van der Waals surface area contributed by atoms with Crippen LogP contribution in [0.1, 0.15) is 10.4 Å². The zero-order valence-corrected chi connectivity index (χ0v) is 17.5. The molecule has 0 saturated heterocycles. The monoisotopic (exact) mass is 433 g/mol. The lowest BCUT2D eigenvalue weighted by Gasteiger charge is -2.11. The van der Waals surface area contributed by atoms with Crippen molar-refractivity contribution in [3.63, 3.8) is 0 Å². The van der Waals surface area contributed by atoms with E-state index in [0.29, 0.717) is 22.7 Å². The lowest BCUT2D eigenvalue weighted by atomic mass is 10.1. The third-order valence-electron chi connectivity index (χ3n) is 4.95. The Balaban J connectivity index is 1.27. The van der Waals surface area contributed by atoms with E-state index in [1.54, 1.807) is 61.3 Å². The van der Waals surface area contributed by atoms with Gasteiger partial charge in [0, 0.05) is 59.4 Å². The summed E-state index contributed by atoms with van der Waals surface area (Å²) in [4.78, 5) is 25.2. The molecule has 2 N–H and O–H groups in total. The third kappa shape index (κ3) is 4.77. The molecular weight excluding hydrogens is 414 g/mol. The van der Waals surface area contributed by atoms with Crippen LogP contribution in [0.3, 0.4) is 0 Å². The van der Waals surface area contributed by atoms with E-state index in [2.05, 4.69) is 25.6 Å². The van der Waals surface area contributed by atoms with Crippen molar-refractivity contribution in [3.8, 4) is 11.5 Å². The number of aromatic nitrogens is 3. The maximum atomic E-state index is 12.7. The van der Waals surface area contributed by atoms with Gasteiger partial charge < -0.3 is 15.4 Å². The summed E-state index contributed by atoms with van der Waals surface area (Å²) in [5.74, 6) is 1.09. The van der Waals surface area contributed by atoms with Crippen LogP contribution in [0.4, 0.5) is 17.1 Å². The molecule has 7 heteroatoms. The topological polar surface area (TPSA) is 89.0 Å². The van der Waals surface area contributed by atoms with E-state index in [0.717, 1.165) is 22.3 Å². The number of amides is 1. The summed E-state index contributed by atoms with van der Waals surface area (Å²) < 4.78 is 5.80. The predicted octanol–water partition coefficient (Wildman–Crippen LogP) is 5.81. The van der Waals surface area contributed by atoms with Gasteiger partial charge in [0.05, 0.1) is 11.2 Å². The van der Waals surface area contributed by atoms with E-state index in [9.17, 15) is 4.79 Å². The van der Waals surface area contributed by atoms with Crippen molar-refractivity contribution in [1.82, 2.24) is 15.0 Å². The first kappa shape index (κ1) is 20.1. The van der Waals surface area contributed by atoms with Gasteiger partial charge in [-0.25, -0.2) is 0 Å². The van der Waals surface area contributed by atoms with Crippen molar-refractivity contribution in [2.24, 2.45) is 0 Å². The van der Waals surface area contributed by atoms with E-state index in [1.807, 2.05) is 42.5 Å². The lowest BCUT2D eigenvalue weighted by Crippen LogP contribution is -2.11. The molecule has 0 atom stereocenters. The number of carbonyl (C=O) groups excluding carboxylic acids is 1. The van der Waals surface area contributed by atoms with Crippen LogP contribution in [-0.2, 0) is 0 Å². The van der Waals surface area contributed by atoms with E-state index in [1.165, 1.54) is 0 Å². The molecule has 0 fully saturated rings. The second kappa shape index (κ2) is 9.15. The smallest absolute Gasteiger partial charge is 0.255 e. The molecule has 5 rings (SSSR count). The normalized spacial score (nSPS) is 10.5. The summed E-state index contributed by atoms with van der Waals surface area (Å²) in [5, 5.41) is 7.20. The first-order valence-electron chi connectivity index (χ1n) is 10.3. The number of nitrogens with zero attached hydrogens (tertiary/aromatic N) is 3. The molecule has 0 aliphatic rings. The molecule has 5 aromatic rings. The Morgan fingerprint density at radius 1 is 0.758 bits per heavy atom. The molecule has 160 valence electrons. The fraction of sp³-hybridized carbons (Fsp3) is 0. The zero-order valence-electron chi connectivity index (χ0n) is 17.5. The molecule has 1 amide bonds. The molecule has 0 spiro atoms. The summed E-state index contributed by atoms with van der Waals surface area (Å²) in [6, 6.07) is 21.8. The SMILES string of the molecule is O=C(Nc1cccc(Oc2ccncc2)c1)c1ccc(Nc2ccnc3ccncc23)cc1. The molecule has 33 heavy (non-hydrogen) atoms. The highest BCUT2D eigenvalue weighted by molar-refractivity contribution is 6.04. The average Bonchev–Trinajstić information content (AvgIpc) is 2.86. The second-order valence-electron chi connectivity index (χ2n) is 7.22. The van der Waals surface area contributed by atoms with Crippen LogP contribution in [0.2, 0.25) is 0 Å². The number of hydrogen-bond donors (Lipinski definition) is 2. The van der Waals surface area contributed by atoms with Gasteiger partial charge in [0.15, 0.2) is 0 Å². The first-order chi connectivity index (χ1) is 16.2. The summed E-state index contributed by atoms with van der Waals surface area (Å²) in [7, 11) is 0. The van der Waals surface area contributed by atoms with Crippen LogP contribution in [0, 0.1) is 0 Å². The molecule has 0 aliphatic carbocycles. The molecular formula is C26H19N5O2. The largest absolute Gasteiger partial charge is 0.457 e. The van der Waals surface area contributed by atoms with Gasteiger partial charge in [-0.2, -0.15) is 0 Å². The van der Waals surface area contributed by atoms with Gasteiger partial charge in [0.2, 0.25) is 0 Å².